The Balaban J connectivity index is 0.000000447. The first-order chi connectivity index (χ1) is 12.6. The number of aromatic amines is 1. The largest absolute Gasteiger partial charge is 0.348 e. The highest BCUT2D eigenvalue weighted by Crippen LogP contribution is 2.38. The van der Waals surface area contributed by atoms with Gasteiger partial charge in [0.25, 0.3) is 5.09 Å². The minimum absolute atomic E-state index is 0.0681. The van der Waals surface area contributed by atoms with Crippen molar-refractivity contribution in [1.29, 1.82) is 0 Å². The molecule has 1 unspecified atom stereocenters. The fourth-order valence-corrected chi connectivity index (χ4v) is 4.04. The van der Waals surface area contributed by atoms with Crippen LogP contribution in [0.3, 0.4) is 0 Å². The van der Waals surface area contributed by atoms with E-state index < -0.39 is 5.09 Å². The topological polar surface area (TPSA) is 92.0 Å². The van der Waals surface area contributed by atoms with Crippen LogP contribution in [0.25, 0.3) is 10.8 Å². The zero-order valence-electron chi connectivity index (χ0n) is 13.4. The number of thiophene rings is 1. The van der Waals surface area contributed by atoms with Crippen LogP contribution in [0, 0.1) is 10.1 Å². The minimum Gasteiger partial charge on any atom is -0.348 e. The Kier molecular flexibility index (Phi) is 5.50. The Morgan fingerprint density at radius 3 is 2.54 bits per heavy atom. The first-order valence-corrected chi connectivity index (χ1v) is 8.81. The molecular formula is C18H14ClN3O3S. The van der Waals surface area contributed by atoms with Crippen molar-refractivity contribution in [3.63, 3.8) is 0 Å². The van der Waals surface area contributed by atoms with E-state index in [1.165, 1.54) is 21.2 Å². The molecule has 4 aromatic rings. The Morgan fingerprint density at radius 2 is 1.88 bits per heavy atom. The fourth-order valence-electron chi connectivity index (χ4n) is 2.86. The number of hydrogen-bond acceptors (Lipinski definition) is 4. The van der Waals surface area contributed by atoms with Gasteiger partial charge >= 0.3 is 0 Å². The van der Waals surface area contributed by atoms with Gasteiger partial charge in [0.15, 0.2) is 0 Å². The van der Waals surface area contributed by atoms with Crippen molar-refractivity contribution in [3.8, 4) is 0 Å². The Morgan fingerprint density at radius 1 is 1.15 bits per heavy atom. The van der Waals surface area contributed by atoms with E-state index in [0.717, 1.165) is 10.2 Å². The number of halogens is 1. The van der Waals surface area contributed by atoms with Crippen molar-refractivity contribution in [2.24, 2.45) is 0 Å². The van der Waals surface area contributed by atoms with E-state index in [0.29, 0.717) is 0 Å². The predicted octanol–water partition coefficient (Wildman–Crippen LogP) is 5.11. The summed E-state index contributed by atoms with van der Waals surface area (Å²) in [4.78, 5) is 17.3. The molecule has 0 saturated carbocycles. The Bertz CT molecular complexity index is 1010. The van der Waals surface area contributed by atoms with E-state index in [-0.39, 0.29) is 5.92 Å². The van der Waals surface area contributed by atoms with Crippen molar-refractivity contribution in [2.45, 2.75) is 5.92 Å². The van der Waals surface area contributed by atoms with Gasteiger partial charge in [0.1, 0.15) is 5.82 Å². The molecule has 132 valence electrons. The number of nitrogens with one attached hydrogen (secondary N) is 1. The van der Waals surface area contributed by atoms with Crippen LogP contribution >= 0.6 is 22.9 Å². The summed E-state index contributed by atoms with van der Waals surface area (Å²) in [6, 6.07) is 18.9. The highest BCUT2D eigenvalue weighted by atomic mass is 35.5. The first-order valence-electron chi connectivity index (χ1n) is 7.61. The molecule has 0 aliphatic carbocycles. The minimum atomic E-state index is -1.50. The van der Waals surface area contributed by atoms with Gasteiger partial charge < -0.3 is 10.2 Å². The van der Waals surface area contributed by atoms with Crippen LogP contribution in [0.1, 0.15) is 22.2 Å². The average Bonchev–Trinajstić information content (AvgIpc) is 3.27. The molecule has 2 heterocycles. The number of imidazole rings is 1. The van der Waals surface area contributed by atoms with Crippen LogP contribution in [0.15, 0.2) is 67.0 Å². The third-order valence-electron chi connectivity index (χ3n) is 3.81. The standard InChI is InChI=1S/C18H13ClN2S.HNO3/c19-16-9-8-15(22-16)17(18-20-10-11-21-18)14-7-3-5-12-4-1-2-6-13(12)14;2-1(3)4/h1-11,17H,(H,20,21);(H,2,3,4). The maximum Gasteiger partial charge on any atom is 0.291 e. The van der Waals surface area contributed by atoms with Crippen LogP contribution < -0.4 is 0 Å². The maximum absolute atomic E-state index is 8.36. The zero-order valence-corrected chi connectivity index (χ0v) is 14.9. The quantitative estimate of drug-likeness (QED) is 0.377. The lowest BCUT2D eigenvalue weighted by molar-refractivity contribution is -0.742. The van der Waals surface area contributed by atoms with E-state index in [1.807, 2.05) is 12.3 Å². The molecule has 0 aliphatic rings. The molecule has 0 bridgehead atoms. The number of aromatic nitrogens is 2. The summed E-state index contributed by atoms with van der Waals surface area (Å²) in [7, 11) is 0. The molecule has 0 spiro atoms. The van der Waals surface area contributed by atoms with Gasteiger partial charge in [0.2, 0.25) is 0 Å². The SMILES string of the molecule is Clc1ccc(C(c2ncc[nH]2)c2cccc3ccccc23)s1.O=[N+]([O-])O. The number of H-pyrrole nitrogens is 1. The van der Waals surface area contributed by atoms with Gasteiger partial charge in [0, 0.05) is 17.3 Å². The normalized spacial score (nSPS) is 11.6. The van der Waals surface area contributed by atoms with Crippen LogP contribution in [0.2, 0.25) is 4.34 Å². The lowest BCUT2D eigenvalue weighted by atomic mass is 9.91. The Hall–Kier alpha value is -2.90. The van der Waals surface area contributed by atoms with Gasteiger partial charge in [-0.15, -0.1) is 21.5 Å². The van der Waals surface area contributed by atoms with Crippen LogP contribution in [-0.2, 0) is 0 Å². The molecule has 0 fully saturated rings. The number of nitrogens with zero attached hydrogens (tertiary/aromatic N) is 2. The van der Waals surface area contributed by atoms with Gasteiger partial charge in [0.05, 0.1) is 10.3 Å². The smallest absolute Gasteiger partial charge is 0.291 e. The summed E-state index contributed by atoms with van der Waals surface area (Å²) in [5.41, 5.74) is 1.24. The van der Waals surface area contributed by atoms with Crippen molar-refractivity contribution >= 4 is 33.7 Å². The molecule has 1 atom stereocenters. The summed E-state index contributed by atoms with van der Waals surface area (Å²) in [5.74, 6) is 1.01. The monoisotopic (exact) mass is 387 g/mol. The lowest BCUT2D eigenvalue weighted by Crippen LogP contribution is -2.04. The molecule has 0 aliphatic heterocycles. The molecule has 4 rings (SSSR count). The summed E-state index contributed by atoms with van der Waals surface area (Å²) in [5, 5.41) is 16.1. The second-order valence-corrected chi connectivity index (χ2v) is 7.10. The molecule has 6 nitrogen and oxygen atoms in total. The molecule has 0 radical (unpaired) electrons. The summed E-state index contributed by atoms with van der Waals surface area (Å²) >= 11 is 7.76. The fraction of sp³-hybridized carbons (Fsp3) is 0.0556. The van der Waals surface area contributed by atoms with Gasteiger partial charge in [-0.2, -0.15) is 0 Å². The third kappa shape index (κ3) is 4.01. The first kappa shape index (κ1) is 17.9. The average molecular weight is 388 g/mol. The summed E-state index contributed by atoms with van der Waals surface area (Å²) < 4.78 is 0.798. The molecule has 8 heteroatoms. The third-order valence-corrected chi connectivity index (χ3v) is 5.10. The van der Waals surface area contributed by atoms with Crippen molar-refractivity contribution in [1.82, 2.24) is 9.97 Å². The second-order valence-electron chi connectivity index (χ2n) is 5.36. The van der Waals surface area contributed by atoms with E-state index >= 15 is 0 Å². The van der Waals surface area contributed by atoms with Gasteiger partial charge in [-0.05, 0) is 28.5 Å². The predicted molar refractivity (Wildman–Crippen MR) is 102 cm³/mol. The molecule has 0 amide bonds. The van der Waals surface area contributed by atoms with Crippen LogP contribution in [0.5, 0.6) is 0 Å². The number of rotatable bonds is 3. The van der Waals surface area contributed by atoms with Crippen molar-refractivity contribution in [3.05, 3.63) is 97.7 Å². The van der Waals surface area contributed by atoms with Crippen LogP contribution in [-0.4, -0.2) is 20.3 Å². The lowest BCUT2D eigenvalue weighted by Gasteiger charge is -2.16. The summed E-state index contributed by atoms with van der Waals surface area (Å²) in [6.45, 7) is 0. The van der Waals surface area contributed by atoms with Crippen molar-refractivity contribution in [2.75, 3.05) is 0 Å². The second kappa shape index (κ2) is 7.99. The van der Waals surface area contributed by atoms with E-state index in [2.05, 4.69) is 58.5 Å². The highest BCUT2D eigenvalue weighted by molar-refractivity contribution is 7.16. The van der Waals surface area contributed by atoms with Gasteiger partial charge in [-0.1, -0.05) is 54.1 Å². The van der Waals surface area contributed by atoms with Gasteiger partial charge in [-0.3, -0.25) is 0 Å². The molecule has 2 aromatic heterocycles. The van der Waals surface area contributed by atoms with Gasteiger partial charge in [-0.25, -0.2) is 4.98 Å². The summed E-state index contributed by atoms with van der Waals surface area (Å²) in [6.07, 6.45) is 3.66. The van der Waals surface area contributed by atoms with E-state index in [4.69, 9.17) is 26.9 Å². The molecule has 2 N–H and O–H groups in total. The number of benzene rings is 2. The Labute approximate surface area is 157 Å². The van der Waals surface area contributed by atoms with Crippen LogP contribution in [0.4, 0.5) is 0 Å². The number of hydrogen-bond donors (Lipinski definition) is 2. The maximum atomic E-state index is 8.36. The zero-order chi connectivity index (χ0) is 18.5. The molecule has 0 saturated heterocycles. The van der Waals surface area contributed by atoms with E-state index in [1.54, 1.807) is 17.5 Å². The van der Waals surface area contributed by atoms with E-state index in [9.17, 15) is 0 Å². The number of fused-ring (bicyclic) bond motifs is 1. The molecular weight excluding hydrogens is 374 g/mol. The van der Waals surface area contributed by atoms with Crippen molar-refractivity contribution < 1.29 is 10.3 Å². The molecule has 26 heavy (non-hydrogen) atoms. The molecule has 2 aromatic carbocycles. The highest BCUT2D eigenvalue weighted by Gasteiger charge is 2.22.